The van der Waals surface area contributed by atoms with Crippen molar-refractivity contribution in [1.82, 2.24) is 14.7 Å². The topological polar surface area (TPSA) is 46.4 Å². The molecule has 1 N–H and O–H groups in total. The number of fused-ring (bicyclic) bond motifs is 1. The zero-order valence-corrected chi connectivity index (χ0v) is 10.2. The predicted octanol–water partition coefficient (Wildman–Crippen LogP) is 2.06. The average molecular weight is 231 g/mol. The van der Waals surface area contributed by atoms with Gasteiger partial charge in [0.05, 0.1) is 12.2 Å². The molecule has 2 aromatic rings. The van der Waals surface area contributed by atoms with Crippen LogP contribution in [0.5, 0.6) is 0 Å². The standard InChI is InChI=1S/C13H17N3O/c1-3-4-13(17)14-8-11-9-16-6-5-10(2)7-12(16)15-11/h5-7,9H,3-4,8H2,1-2H3,(H,14,17). The van der Waals surface area contributed by atoms with E-state index in [4.69, 9.17) is 0 Å². The second-order valence-corrected chi connectivity index (χ2v) is 4.23. The number of pyridine rings is 1. The molecule has 0 atom stereocenters. The van der Waals surface area contributed by atoms with Crippen LogP contribution in [0.15, 0.2) is 24.5 Å². The second-order valence-electron chi connectivity index (χ2n) is 4.23. The van der Waals surface area contributed by atoms with Gasteiger partial charge >= 0.3 is 0 Å². The summed E-state index contributed by atoms with van der Waals surface area (Å²) in [5, 5.41) is 2.86. The lowest BCUT2D eigenvalue weighted by Gasteiger charge is -2.00. The van der Waals surface area contributed by atoms with Crippen molar-refractivity contribution in [3.05, 3.63) is 35.8 Å². The molecule has 2 rings (SSSR count). The third kappa shape index (κ3) is 2.84. The van der Waals surface area contributed by atoms with E-state index in [1.54, 1.807) is 0 Å². The largest absolute Gasteiger partial charge is 0.350 e. The summed E-state index contributed by atoms with van der Waals surface area (Å²) in [6.45, 7) is 4.53. The van der Waals surface area contributed by atoms with Gasteiger partial charge in [0.2, 0.25) is 5.91 Å². The Labute approximate surface area is 101 Å². The lowest BCUT2D eigenvalue weighted by molar-refractivity contribution is -0.121. The minimum Gasteiger partial charge on any atom is -0.350 e. The minimum atomic E-state index is 0.0840. The highest BCUT2D eigenvalue weighted by molar-refractivity contribution is 5.75. The first-order chi connectivity index (χ1) is 8.19. The van der Waals surface area contributed by atoms with E-state index in [1.165, 1.54) is 5.56 Å². The first kappa shape index (κ1) is 11.6. The molecule has 0 saturated carbocycles. The maximum absolute atomic E-state index is 11.3. The summed E-state index contributed by atoms with van der Waals surface area (Å²) < 4.78 is 1.97. The SMILES string of the molecule is CCCC(=O)NCc1cn2ccc(C)cc2n1. The summed E-state index contributed by atoms with van der Waals surface area (Å²) in [5.74, 6) is 0.0840. The highest BCUT2D eigenvalue weighted by Crippen LogP contribution is 2.07. The molecule has 0 fully saturated rings. The van der Waals surface area contributed by atoms with Crippen molar-refractivity contribution in [3.8, 4) is 0 Å². The molecule has 0 radical (unpaired) electrons. The van der Waals surface area contributed by atoms with Gasteiger partial charge in [0.15, 0.2) is 0 Å². The summed E-state index contributed by atoms with van der Waals surface area (Å²) in [6, 6.07) is 4.06. The number of amides is 1. The first-order valence-corrected chi connectivity index (χ1v) is 5.90. The van der Waals surface area contributed by atoms with E-state index in [9.17, 15) is 4.79 Å². The van der Waals surface area contributed by atoms with Crippen LogP contribution in [0.1, 0.15) is 31.0 Å². The Morgan fingerprint density at radius 2 is 2.35 bits per heavy atom. The van der Waals surface area contributed by atoms with E-state index in [1.807, 2.05) is 42.8 Å². The lowest BCUT2D eigenvalue weighted by Crippen LogP contribution is -2.22. The Morgan fingerprint density at radius 3 is 3.12 bits per heavy atom. The molecule has 0 unspecified atom stereocenters. The van der Waals surface area contributed by atoms with E-state index >= 15 is 0 Å². The molecule has 0 aromatic carbocycles. The molecule has 0 aliphatic rings. The minimum absolute atomic E-state index is 0.0840. The molecule has 2 aromatic heterocycles. The van der Waals surface area contributed by atoms with Crippen LogP contribution in [0.25, 0.3) is 5.65 Å². The summed E-state index contributed by atoms with van der Waals surface area (Å²) in [7, 11) is 0. The van der Waals surface area contributed by atoms with E-state index in [0.29, 0.717) is 13.0 Å². The Bertz CT molecular complexity index is 530. The highest BCUT2D eigenvalue weighted by atomic mass is 16.1. The highest BCUT2D eigenvalue weighted by Gasteiger charge is 2.03. The maximum Gasteiger partial charge on any atom is 0.220 e. The van der Waals surface area contributed by atoms with Crippen LogP contribution in [0.4, 0.5) is 0 Å². The van der Waals surface area contributed by atoms with Crippen molar-refractivity contribution >= 4 is 11.6 Å². The van der Waals surface area contributed by atoms with Gasteiger partial charge in [0, 0.05) is 18.8 Å². The number of aryl methyl sites for hydroxylation is 1. The molecule has 0 spiro atoms. The number of aromatic nitrogens is 2. The molecule has 0 saturated heterocycles. The molecule has 4 nitrogen and oxygen atoms in total. The normalized spacial score (nSPS) is 10.7. The molecule has 0 aliphatic carbocycles. The second kappa shape index (κ2) is 4.99. The number of hydrogen-bond donors (Lipinski definition) is 1. The van der Waals surface area contributed by atoms with Gasteiger partial charge in [-0.3, -0.25) is 4.79 Å². The van der Waals surface area contributed by atoms with Crippen molar-refractivity contribution in [2.45, 2.75) is 33.2 Å². The maximum atomic E-state index is 11.3. The fraction of sp³-hybridized carbons (Fsp3) is 0.385. The van der Waals surface area contributed by atoms with Gasteiger partial charge in [-0.2, -0.15) is 0 Å². The van der Waals surface area contributed by atoms with Gasteiger partial charge in [-0.1, -0.05) is 6.92 Å². The van der Waals surface area contributed by atoms with Crippen LogP contribution in [-0.2, 0) is 11.3 Å². The van der Waals surface area contributed by atoms with Gasteiger partial charge in [-0.15, -0.1) is 0 Å². The van der Waals surface area contributed by atoms with Crippen LogP contribution < -0.4 is 5.32 Å². The smallest absolute Gasteiger partial charge is 0.220 e. The summed E-state index contributed by atoms with van der Waals surface area (Å²) in [5.41, 5.74) is 2.99. The van der Waals surface area contributed by atoms with Gasteiger partial charge in [-0.25, -0.2) is 4.98 Å². The molecule has 0 aliphatic heterocycles. The Kier molecular flexibility index (Phi) is 3.42. The van der Waals surface area contributed by atoms with Crippen molar-refractivity contribution in [3.63, 3.8) is 0 Å². The van der Waals surface area contributed by atoms with Crippen molar-refractivity contribution < 1.29 is 4.79 Å². The zero-order chi connectivity index (χ0) is 12.3. The van der Waals surface area contributed by atoms with Crippen LogP contribution in [0, 0.1) is 6.92 Å². The number of imidazole rings is 1. The number of carbonyl (C=O) groups is 1. The zero-order valence-electron chi connectivity index (χ0n) is 10.2. The Balaban J connectivity index is 2.07. The first-order valence-electron chi connectivity index (χ1n) is 5.90. The molecular formula is C13H17N3O. The number of rotatable bonds is 4. The monoisotopic (exact) mass is 231 g/mol. The molecule has 90 valence electrons. The third-order valence-electron chi connectivity index (χ3n) is 2.61. The van der Waals surface area contributed by atoms with E-state index in [0.717, 1.165) is 17.8 Å². The molecule has 1 amide bonds. The van der Waals surface area contributed by atoms with Crippen molar-refractivity contribution in [2.24, 2.45) is 0 Å². The van der Waals surface area contributed by atoms with E-state index in [-0.39, 0.29) is 5.91 Å². The fourth-order valence-electron chi connectivity index (χ4n) is 1.73. The van der Waals surface area contributed by atoms with Crippen molar-refractivity contribution in [1.29, 1.82) is 0 Å². The average Bonchev–Trinajstić information content (AvgIpc) is 2.68. The van der Waals surface area contributed by atoms with Gasteiger partial charge in [0.25, 0.3) is 0 Å². The number of nitrogens with one attached hydrogen (secondary N) is 1. The molecular weight excluding hydrogens is 214 g/mol. The number of carbonyl (C=O) groups excluding carboxylic acids is 1. The number of hydrogen-bond acceptors (Lipinski definition) is 2. The van der Waals surface area contributed by atoms with E-state index in [2.05, 4.69) is 10.3 Å². The summed E-state index contributed by atoms with van der Waals surface area (Å²) in [6.07, 6.45) is 5.37. The van der Waals surface area contributed by atoms with E-state index < -0.39 is 0 Å². The van der Waals surface area contributed by atoms with Gasteiger partial charge < -0.3 is 9.72 Å². The Hall–Kier alpha value is -1.84. The molecule has 2 heterocycles. The molecule has 17 heavy (non-hydrogen) atoms. The summed E-state index contributed by atoms with van der Waals surface area (Å²) >= 11 is 0. The lowest BCUT2D eigenvalue weighted by atomic mass is 10.3. The van der Waals surface area contributed by atoms with Crippen LogP contribution >= 0.6 is 0 Å². The third-order valence-corrected chi connectivity index (χ3v) is 2.61. The molecule has 4 heteroatoms. The Morgan fingerprint density at radius 1 is 1.53 bits per heavy atom. The number of nitrogens with zero attached hydrogens (tertiary/aromatic N) is 2. The molecule has 0 bridgehead atoms. The van der Waals surface area contributed by atoms with Crippen LogP contribution in [-0.4, -0.2) is 15.3 Å². The van der Waals surface area contributed by atoms with Crippen LogP contribution in [0.3, 0.4) is 0 Å². The van der Waals surface area contributed by atoms with Crippen molar-refractivity contribution in [2.75, 3.05) is 0 Å². The predicted molar refractivity (Wildman–Crippen MR) is 66.7 cm³/mol. The quantitative estimate of drug-likeness (QED) is 0.875. The van der Waals surface area contributed by atoms with Gasteiger partial charge in [-0.05, 0) is 31.0 Å². The van der Waals surface area contributed by atoms with Crippen LogP contribution in [0.2, 0.25) is 0 Å². The van der Waals surface area contributed by atoms with Gasteiger partial charge in [0.1, 0.15) is 5.65 Å². The fourth-order valence-corrected chi connectivity index (χ4v) is 1.73. The summed E-state index contributed by atoms with van der Waals surface area (Å²) in [4.78, 5) is 15.8.